The normalized spacial score (nSPS) is 41.2. The summed E-state index contributed by atoms with van der Waals surface area (Å²) in [5, 5.41) is 8.23. The fourth-order valence-electron chi connectivity index (χ4n) is 6.12. The van der Waals surface area contributed by atoms with E-state index >= 15 is 0 Å². The summed E-state index contributed by atoms with van der Waals surface area (Å²) in [6.45, 7) is 9.16. The van der Waals surface area contributed by atoms with E-state index in [0.717, 1.165) is 32.1 Å². The van der Waals surface area contributed by atoms with E-state index in [1.807, 2.05) is 4.81 Å². The van der Waals surface area contributed by atoms with Crippen LogP contribution in [0.15, 0.2) is 0 Å². The van der Waals surface area contributed by atoms with E-state index in [1.54, 1.807) is 0 Å². The Bertz CT molecular complexity index is 497. The molecule has 6 nitrogen and oxygen atoms in total. The molecule has 4 heterocycles. The number of hydrogen-bond donors (Lipinski definition) is 2. The number of hydrogen-bond acceptors (Lipinski definition) is 6. The van der Waals surface area contributed by atoms with Crippen molar-refractivity contribution in [2.24, 2.45) is 5.92 Å². The van der Waals surface area contributed by atoms with E-state index in [-0.39, 0.29) is 5.66 Å². The highest BCUT2D eigenvalue weighted by atomic mass is 15.5. The van der Waals surface area contributed by atoms with Crippen LogP contribution >= 0.6 is 0 Å². The second-order valence-electron chi connectivity index (χ2n) is 9.49. The predicted molar refractivity (Wildman–Crippen MR) is 109 cm³/mol. The molecule has 27 heavy (non-hydrogen) atoms. The van der Waals surface area contributed by atoms with Gasteiger partial charge in [-0.1, -0.05) is 6.42 Å². The molecular weight excluding hydrogens is 335 g/mol. The molecule has 1 aliphatic carbocycles. The van der Waals surface area contributed by atoms with Gasteiger partial charge in [0.25, 0.3) is 0 Å². The Labute approximate surface area is 166 Å². The van der Waals surface area contributed by atoms with Crippen molar-refractivity contribution in [2.45, 2.75) is 69.5 Å². The molecule has 4 aliphatic heterocycles. The van der Waals surface area contributed by atoms with Crippen molar-refractivity contribution in [3.8, 4) is 0 Å². The molecule has 0 bridgehead atoms. The summed E-state index contributed by atoms with van der Waals surface area (Å²) in [4.78, 5) is 10.2. The number of nitrogens with zero attached hydrogens (tertiary/aromatic N) is 4. The fourth-order valence-corrected chi connectivity index (χ4v) is 6.12. The van der Waals surface area contributed by atoms with E-state index in [0.29, 0.717) is 12.5 Å². The van der Waals surface area contributed by atoms with Crippen LogP contribution in [-0.4, -0.2) is 98.0 Å². The third-order valence-electron chi connectivity index (χ3n) is 7.99. The maximum absolute atomic E-state index is 6.04. The number of rotatable bonds is 4. The maximum Gasteiger partial charge on any atom is 0.182 e. The lowest BCUT2D eigenvalue weighted by molar-refractivity contribution is -0.113. The van der Waals surface area contributed by atoms with Crippen molar-refractivity contribution in [1.82, 2.24) is 30.1 Å². The lowest BCUT2D eigenvalue weighted by Crippen LogP contribution is -2.79. The number of likely N-dealkylation sites (tertiary alicyclic amines) is 2. The topological polar surface area (TPSA) is 37.0 Å². The SMILES string of the molecule is [B]N1CCN(C2CC(C3CCC3)(N3CCCC3)NC(N3CCCC3)N2)CC1. The summed E-state index contributed by atoms with van der Waals surface area (Å²) >= 11 is 0. The van der Waals surface area contributed by atoms with Crippen LogP contribution in [-0.2, 0) is 0 Å². The van der Waals surface area contributed by atoms with Gasteiger partial charge in [0, 0.05) is 32.6 Å². The van der Waals surface area contributed by atoms with Gasteiger partial charge in [0.15, 0.2) is 7.98 Å². The Hall–Kier alpha value is -0.175. The van der Waals surface area contributed by atoms with Gasteiger partial charge in [-0.3, -0.25) is 25.3 Å². The smallest absolute Gasteiger partial charge is 0.182 e. The number of piperazine rings is 1. The number of nitrogens with one attached hydrogen (secondary N) is 2. The third kappa shape index (κ3) is 3.60. The molecule has 0 aromatic rings. The van der Waals surface area contributed by atoms with Gasteiger partial charge < -0.3 is 4.81 Å². The van der Waals surface area contributed by atoms with Gasteiger partial charge in [-0.05, 0) is 70.6 Å². The molecule has 2 N–H and O–H groups in total. The van der Waals surface area contributed by atoms with Gasteiger partial charge in [-0.2, -0.15) is 0 Å². The molecule has 3 atom stereocenters. The van der Waals surface area contributed by atoms with E-state index in [4.69, 9.17) is 7.98 Å². The molecule has 5 aliphatic rings. The summed E-state index contributed by atoms with van der Waals surface area (Å²) in [6.07, 6.45) is 11.7. The molecule has 2 radical (unpaired) electrons. The minimum atomic E-state index is 0.192. The molecular formula is C20H37BN6. The first kappa shape index (κ1) is 18.8. The average molecular weight is 372 g/mol. The van der Waals surface area contributed by atoms with E-state index < -0.39 is 0 Å². The van der Waals surface area contributed by atoms with Gasteiger partial charge in [0.2, 0.25) is 0 Å². The zero-order valence-corrected chi connectivity index (χ0v) is 16.9. The minimum absolute atomic E-state index is 0.192. The monoisotopic (exact) mass is 372 g/mol. The van der Waals surface area contributed by atoms with Crippen LogP contribution < -0.4 is 10.6 Å². The second kappa shape index (κ2) is 7.92. The highest BCUT2D eigenvalue weighted by molar-refractivity contribution is 6.04. The summed E-state index contributed by atoms with van der Waals surface area (Å²) in [5.41, 5.74) is 0.192. The first-order valence-electron chi connectivity index (χ1n) is 11.5. The van der Waals surface area contributed by atoms with Crippen LogP contribution in [0.1, 0.15) is 51.4 Å². The Morgan fingerprint density at radius 2 is 1.41 bits per heavy atom. The molecule has 4 saturated heterocycles. The molecule has 150 valence electrons. The average Bonchev–Trinajstić information content (AvgIpc) is 3.35. The summed E-state index contributed by atoms with van der Waals surface area (Å²) in [6, 6.07) is 0. The van der Waals surface area contributed by atoms with Crippen molar-refractivity contribution in [2.75, 3.05) is 52.4 Å². The van der Waals surface area contributed by atoms with E-state index in [9.17, 15) is 0 Å². The van der Waals surface area contributed by atoms with Crippen molar-refractivity contribution in [3.05, 3.63) is 0 Å². The predicted octanol–water partition coefficient (Wildman–Crippen LogP) is 0.568. The van der Waals surface area contributed by atoms with Gasteiger partial charge in [-0.15, -0.1) is 0 Å². The lowest BCUT2D eigenvalue weighted by atomic mass is 9.71. The van der Waals surface area contributed by atoms with Crippen LogP contribution in [0, 0.1) is 5.92 Å². The lowest BCUT2D eigenvalue weighted by Gasteiger charge is -2.59. The molecule has 0 amide bonds. The Kier molecular flexibility index (Phi) is 5.52. The molecule has 5 rings (SSSR count). The van der Waals surface area contributed by atoms with Crippen molar-refractivity contribution in [1.29, 1.82) is 0 Å². The standard InChI is InChI=1S/C20H37BN6/c21-27-14-12-24(13-15-27)18-16-20(17-6-5-7-17,26-10-3-4-11-26)23-19(22-18)25-8-1-2-9-25/h17-19,22-23H,1-16H2. The zero-order chi connectivity index (χ0) is 18.3. The van der Waals surface area contributed by atoms with Crippen LogP contribution in [0.25, 0.3) is 0 Å². The van der Waals surface area contributed by atoms with E-state index in [1.165, 1.54) is 77.5 Å². The third-order valence-corrected chi connectivity index (χ3v) is 7.99. The molecule has 5 fully saturated rings. The summed E-state index contributed by atoms with van der Waals surface area (Å²) in [7, 11) is 6.04. The van der Waals surface area contributed by atoms with Gasteiger partial charge in [-0.25, -0.2) is 0 Å². The van der Waals surface area contributed by atoms with Gasteiger partial charge >= 0.3 is 0 Å². The second-order valence-corrected chi connectivity index (χ2v) is 9.49. The maximum atomic E-state index is 6.04. The van der Waals surface area contributed by atoms with Crippen molar-refractivity contribution in [3.63, 3.8) is 0 Å². The summed E-state index contributed by atoms with van der Waals surface area (Å²) in [5.74, 6) is 0.820. The van der Waals surface area contributed by atoms with Crippen molar-refractivity contribution >= 4 is 7.98 Å². The highest BCUT2D eigenvalue weighted by Crippen LogP contribution is 2.44. The minimum Gasteiger partial charge on any atom is -0.351 e. The van der Waals surface area contributed by atoms with Gasteiger partial charge in [0.1, 0.15) is 6.29 Å². The van der Waals surface area contributed by atoms with Crippen LogP contribution in [0.4, 0.5) is 0 Å². The van der Waals surface area contributed by atoms with Crippen molar-refractivity contribution < 1.29 is 0 Å². The van der Waals surface area contributed by atoms with Crippen LogP contribution in [0.3, 0.4) is 0 Å². The Balaban J connectivity index is 1.41. The first-order valence-corrected chi connectivity index (χ1v) is 11.5. The Morgan fingerprint density at radius 1 is 0.741 bits per heavy atom. The van der Waals surface area contributed by atoms with Crippen LogP contribution in [0.5, 0.6) is 0 Å². The molecule has 0 aromatic carbocycles. The molecule has 0 aromatic heterocycles. The molecule has 3 unspecified atom stereocenters. The van der Waals surface area contributed by atoms with Crippen LogP contribution in [0.2, 0.25) is 0 Å². The zero-order valence-electron chi connectivity index (χ0n) is 16.9. The molecule has 0 spiro atoms. The summed E-state index contributed by atoms with van der Waals surface area (Å²) < 4.78 is 0. The van der Waals surface area contributed by atoms with Gasteiger partial charge in [0.05, 0.1) is 11.8 Å². The fraction of sp³-hybridized carbons (Fsp3) is 1.00. The Morgan fingerprint density at radius 3 is 2.04 bits per heavy atom. The molecule has 1 saturated carbocycles. The quantitative estimate of drug-likeness (QED) is 0.703. The van der Waals surface area contributed by atoms with E-state index in [2.05, 4.69) is 25.3 Å². The molecule has 7 heteroatoms. The highest BCUT2D eigenvalue weighted by Gasteiger charge is 2.53. The first-order chi connectivity index (χ1) is 13.2. The largest absolute Gasteiger partial charge is 0.351 e.